The van der Waals surface area contributed by atoms with Gasteiger partial charge in [0, 0.05) is 58.4 Å². The van der Waals surface area contributed by atoms with E-state index in [9.17, 15) is 0 Å². The summed E-state index contributed by atoms with van der Waals surface area (Å²) in [6.07, 6.45) is -4.67. The van der Waals surface area contributed by atoms with Gasteiger partial charge in [0.05, 0.1) is 0 Å². The van der Waals surface area contributed by atoms with Crippen LogP contribution in [0.2, 0.25) is 0 Å². The van der Waals surface area contributed by atoms with E-state index in [1.54, 1.807) is 0 Å². The summed E-state index contributed by atoms with van der Waals surface area (Å²) < 4.78 is 0. The average molecular weight is 573 g/mol. The van der Waals surface area contributed by atoms with Gasteiger partial charge in [0.15, 0.2) is 0 Å². The molecule has 0 amide bonds. The van der Waals surface area contributed by atoms with Crippen LogP contribution < -0.4 is 20.4 Å². The van der Waals surface area contributed by atoms with E-state index in [-0.39, 0.29) is 136 Å². The molecule has 0 bridgehead atoms. The van der Waals surface area contributed by atoms with E-state index in [1.165, 1.54) is 0 Å². The number of hydrogen-bond donors (Lipinski definition) is 0. The summed E-state index contributed by atoms with van der Waals surface area (Å²) in [4.78, 5) is 16.7. The third kappa shape index (κ3) is 3450. The van der Waals surface area contributed by atoms with Gasteiger partial charge in [0.25, 0.3) is 0 Å². The van der Waals surface area contributed by atoms with E-state index >= 15 is 0 Å². The zero-order valence-corrected chi connectivity index (χ0v) is 25.3. The van der Waals surface area contributed by atoms with Crippen LogP contribution in [0.3, 0.4) is 0 Å². The molecule has 0 rings (SSSR count). The van der Waals surface area contributed by atoms with Crippen molar-refractivity contribution in [1.82, 2.24) is 0 Å². The quantitative estimate of drug-likeness (QED) is 0.253. The Morgan fingerprint density at radius 3 is 0.450 bits per heavy atom. The van der Waals surface area contributed by atoms with Gasteiger partial charge >= 0.3 is 39.0 Å². The maximum atomic E-state index is 8.33. The first-order chi connectivity index (χ1) is 3.46. The van der Waals surface area contributed by atoms with Crippen molar-refractivity contribution >= 4 is 12.3 Å². The second-order valence-corrected chi connectivity index (χ2v) is 0.500. The molecule has 0 saturated carbocycles. The van der Waals surface area contributed by atoms with E-state index in [0.29, 0.717) is 0 Å². The molecule has 0 aliphatic carbocycles. The van der Waals surface area contributed by atoms with Crippen molar-refractivity contribution in [2.45, 2.75) is 0 Å². The molecule has 110 valence electrons. The number of carbonyl (C=O) groups excluding carboxylic acids is 2. The van der Waals surface area contributed by atoms with E-state index in [1.807, 2.05) is 0 Å². The Hall–Kier alpha value is 1.38. The predicted octanol–water partition coefficient (Wildman–Crippen LogP) is -10.7. The Morgan fingerprint density at radius 2 is 0.450 bits per heavy atom. The molecule has 0 spiro atoms. The van der Waals surface area contributed by atoms with Crippen LogP contribution >= 0.6 is 0 Å². The Labute approximate surface area is 176 Å². The maximum Gasteiger partial charge on any atom is 2.00 e. The predicted molar refractivity (Wildman–Crippen MR) is 36.1 cm³/mol. The van der Waals surface area contributed by atoms with E-state index in [2.05, 4.69) is 0 Å². The van der Waals surface area contributed by atoms with Crippen LogP contribution in [0, 0.1) is 0 Å². The summed E-state index contributed by atoms with van der Waals surface area (Å²) in [5.41, 5.74) is 0. The standard InChI is InChI=1S/2CH2O3.7H2O.5Zn/c2*2-1(3)4;;;;;;;;;;;;/h2*(H2,2,3,4);7*1H2;;;;;/q;;;;;;;;;;;;2*+2/p-4. The Bertz CT molecular complexity index is 82.8. The molecule has 0 fully saturated rings. The zero-order chi connectivity index (χ0) is 7.15. The molecule has 14 N–H and O–H groups in total. The summed E-state index contributed by atoms with van der Waals surface area (Å²) in [6.45, 7) is 0. The summed E-state index contributed by atoms with van der Waals surface area (Å²) in [5.74, 6) is 0. The molecule has 0 radical (unpaired) electrons. The van der Waals surface area contributed by atoms with Crippen LogP contribution in [0.15, 0.2) is 0 Å². The minimum Gasteiger partial charge on any atom is -0.652 e. The number of hydrogen-bond acceptors (Lipinski definition) is 6. The maximum absolute atomic E-state index is 8.33. The molecule has 0 aliphatic rings. The third-order valence-corrected chi connectivity index (χ3v) is 0. The number of rotatable bonds is 0. The first-order valence-corrected chi connectivity index (χ1v) is 1.22. The second-order valence-electron chi connectivity index (χ2n) is 0.500. The summed E-state index contributed by atoms with van der Waals surface area (Å²) >= 11 is 0. The van der Waals surface area contributed by atoms with E-state index in [4.69, 9.17) is 30.0 Å². The van der Waals surface area contributed by atoms with Gasteiger partial charge < -0.3 is 68.3 Å². The minimum atomic E-state index is -2.33. The smallest absolute Gasteiger partial charge is 0.652 e. The van der Waals surface area contributed by atoms with Crippen molar-refractivity contribution < 1.29 is 166 Å². The molecule has 13 nitrogen and oxygen atoms in total. The van der Waals surface area contributed by atoms with Crippen molar-refractivity contribution in [3.05, 3.63) is 0 Å². The van der Waals surface area contributed by atoms with Crippen LogP contribution in [-0.4, -0.2) is 50.6 Å². The largest absolute Gasteiger partial charge is 2.00 e. The Balaban J connectivity index is -0.00000000187. The van der Waals surface area contributed by atoms with E-state index in [0.717, 1.165) is 0 Å². The SMILES string of the molecule is O.O.O.O.O.O.O.O=C([O-])[O-].O=C([O-])[O-].[Zn+2].[Zn+2].[Zn].[Zn].[Zn]. The molecule has 20 heavy (non-hydrogen) atoms. The topological polar surface area (TPSA) is 347 Å². The van der Waals surface area contributed by atoms with Crippen LogP contribution in [0.5, 0.6) is 0 Å². The van der Waals surface area contributed by atoms with Gasteiger partial charge in [-0.2, -0.15) is 0 Å². The molecule has 0 aromatic heterocycles. The van der Waals surface area contributed by atoms with Crippen LogP contribution in [0.4, 0.5) is 9.59 Å². The van der Waals surface area contributed by atoms with Crippen molar-refractivity contribution in [2.75, 3.05) is 0 Å². The van der Waals surface area contributed by atoms with Gasteiger partial charge in [-0.1, -0.05) is 0 Å². The fourth-order valence-electron chi connectivity index (χ4n) is 0. The molecule has 18 heteroatoms. The normalized spacial score (nSPS) is 2.40. The first kappa shape index (κ1) is 163. The zero-order valence-electron chi connectivity index (χ0n) is 10.5. The van der Waals surface area contributed by atoms with Gasteiger partial charge in [0.2, 0.25) is 0 Å². The van der Waals surface area contributed by atoms with Gasteiger partial charge in [-0.15, -0.1) is 0 Å². The van der Waals surface area contributed by atoms with E-state index < -0.39 is 12.3 Å². The molecule has 0 atom stereocenters. The fourth-order valence-corrected chi connectivity index (χ4v) is 0. The summed E-state index contributed by atoms with van der Waals surface area (Å²) in [5, 5.41) is 33.3. The molecule has 0 aliphatic heterocycles. The van der Waals surface area contributed by atoms with Crippen LogP contribution in [0.1, 0.15) is 0 Å². The van der Waals surface area contributed by atoms with Gasteiger partial charge in [-0.3, -0.25) is 0 Å². The second kappa shape index (κ2) is 141. The van der Waals surface area contributed by atoms with Crippen molar-refractivity contribution in [3.63, 3.8) is 0 Å². The number of carbonyl (C=O) groups is 2. The molecule has 0 heterocycles. The van der Waals surface area contributed by atoms with Crippen molar-refractivity contribution in [2.24, 2.45) is 0 Å². The van der Waals surface area contributed by atoms with Gasteiger partial charge in [-0.25, -0.2) is 0 Å². The monoisotopic (exact) mass is 566 g/mol. The first-order valence-electron chi connectivity index (χ1n) is 1.22. The molecule has 0 aromatic rings. The van der Waals surface area contributed by atoms with Crippen LogP contribution in [0.25, 0.3) is 0 Å². The number of carboxylic acid groups (broad SMARTS) is 4. The molecular formula is C2H14O13Zn5. The summed E-state index contributed by atoms with van der Waals surface area (Å²) in [7, 11) is 0. The van der Waals surface area contributed by atoms with Crippen LogP contribution in [-0.2, 0) is 97.4 Å². The Kier molecular flexibility index (Phi) is 1150. The molecule has 0 unspecified atom stereocenters. The minimum absolute atomic E-state index is 0. The summed E-state index contributed by atoms with van der Waals surface area (Å²) in [6, 6.07) is 0. The fraction of sp³-hybridized carbons (Fsp3) is 0. The molecule has 0 aromatic carbocycles. The van der Waals surface area contributed by atoms with Crippen molar-refractivity contribution in [1.29, 1.82) is 0 Å². The molecule has 0 saturated heterocycles. The third-order valence-electron chi connectivity index (χ3n) is 0. The van der Waals surface area contributed by atoms with Gasteiger partial charge in [0.1, 0.15) is 0 Å². The van der Waals surface area contributed by atoms with Gasteiger partial charge in [-0.05, 0) is 12.3 Å². The Morgan fingerprint density at radius 1 is 0.450 bits per heavy atom. The van der Waals surface area contributed by atoms with Crippen molar-refractivity contribution in [3.8, 4) is 0 Å². The average Bonchev–Trinajstić information content (AvgIpc) is 1.25. The molecular weight excluding hydrogens is 559 g/mol.